The number of aliphatic hydroxyl groups excluding tert-OH is 1. The van der Waals surface area contributed by atoms with E-state index in [1.807, 2.05) is 67.3 Å². The minimum Gasteiger partial charge on any atom is -0.394 e. The van der Waals surface area contributed by atoms with Gasteiger partial charge in [0.1, 0.15) is 11.4 Å². The van der Waals surface area contributed by atoms with Gasteiger partial charge < -0.3 is 39.4 Å². The van der Waals surface area contributed by atoms with Crippen molar-refractivity contribution in [2.24, 2.45) is 0 Å². The van der Waals surface area contributed by atoms with Crippen molar-refractivity contribution in [1.82, 2.24) is 20.1 Å². The van der Waals surface area contributed by atoms with Crippen molar-refractivity contribution >= 4 is 23.4 Å². The van der Waals surface area contributed by atoms with Crippen LogP contribution in [0.5, 0.6) is 0 Å². The number of rotatable bonds is 9. The summed E-state index contributed by atoms with van der Waals surface area (Å²) in [5.74, 6) is 1.55. The number of morpholine rings is 1. The molecule has 1 unspecified atom stereocenters. The number of anilines is 4. The van der Waals surface area contributed by atoms with Crippen LogP contribution >= 0.6 is 0 Å². The molecular weight excluding hydrogens is 526 g/mol. The van der Waals surface area contributed by atoms with Gasteiger partial charge in [-0.05, 0) is 42.3 Å². The van der Waals surface area contributed by atoms with Gasteiger partial charge in [-0.25, -0.2) is 4.98 Å². The zero-order chi connectivity index (χ0) is 28.4. The largest absolute Gasteiger partial charge is 0.394 e. The third kappa shape index (κ3) is 5.59. The Balaban J connectivity index is 1.33. The normalized spacial score (nSPS) is 18.6. The molecule has 0 aliphatic carbocycles. The molecule has 41 heavy (non-hydrogen) atoms. The number of nitrogens with one attached hydrogen (secondary N) is 2. The average molecular weight is 560 g/mol. The van der Waals surface area contributed by atoms with Crippen molar-refractivity contribution in [3.63, 3.8) is 0 Å². The average Bonchev–Trinajstić information content (AvgIpc) is 3.59. The van der Waals surface area contributed by atoms with Crippen molar-refractivity contribution in [2.75, 3.05) is 55.6 Å². The van der Waals surface area contributed by atoms with Crippen molar-refractivity contribution in [1.29, 1.82) is 0 Å². The lowest BCUT2D eigenvalue weighted by atomic mass is 9.95. The van der Waals surface area contributed by atoms with E-state index < -0.39 is 17.9 Å². The summed E-state index contributed by atoms with van der Waals surface area (Å²) < 4.78 is 22.6. The van der Waals surface area contributed by atoms with E-state index in [0.29, 0.717) is 49.6 Å². The van der Waals surface area contributed by atoms with E-state index in [0.717, 1.165) is 22.4 Å². The molecule has 4 heterocycles. The van der Waals surface area contributed by atoms with E-state index in [-0.39, 0.29) is 12.5 Å². The molecule has 2 atom stereocenters. The summed E-state index contributed by atoms with van der Waals surface area (Å²) in [5.41, 5.74) is 3.72. The molecule has 0 bridgehead atoms. The van der Waals surface area contributed by atoms with Gasteiger partial charge in [-0.1, -0.05) is 36.4 Å². The van der Waals surface area contributed by atoms with Crippen LogP contribution in [0.1, 0.15) is 42.9 Å². The van der Waals surface area contributed by atoms with Crippen LogP contribution in [0.25, 0.3) is 11.5 Å². The fourth-order valence-electron chi connectivity index (χ4n) is 5.07. The summed E-state index contributed by atoms with van der Waals surface area (Å²) in [5, 5.41) is 21.1. The summed E-state index contributed by atoms with van der Waals surface area (Å²) >= 11 is 0. The monoisotopic (exact) mass is 559 g/mol. The van der Waals surface area contributed by atoms with Crippen LogP contribution in [0.2, 0.25) is 0 Å². The zero-order valence-electron chi connectivity index (χ0n) is 23.2. The van der Waals surface area contributed by atoms with Crippen LogP contribution in [0.15, 0.2) is 59.3 Å². The van der Waals surface area contributed by atoms with Gasteiger partial charge in [0.15, 0.2) is 6.29 Å². The first kappa shape index (κ1) is 27.1. The van der Waals surface area contributed by atoms with E-state index >= 15 is 0 Å². The lowest BCUT2D eigenvalue weighted by molar-refractivity contribution is -0.175. The van der Waals surface area contributed by atoms with Crippen molar-refractivity contribution in [3.05, 3.63) is 71.4 Å². The Kier molecular flexibility index (Phi) is 7.54. The fraction of sp³-hybridized carbons (Fsp3) is 0.379. The summed E-state index contributed by atoms with van der Waals surface area (Å²) in [6, 6.07) is 15.2. The standard InChI is InChI=1S/C29H33N7O5/c1-29(2)22-15-19(9-10-20(22)26(38-3)40-29)31-27-30-16-21(25-34-28(35-41-25)36-11-13-39-14-12-36)24(33-27)32-23(17-37)18-7-5-4-6-8-18/h4-10,15-16,23,26,37H,11-14,17H2,1-3H3,(H2,30,31,32,33)/t23-,26?/m1/s1. The SMILES string of the molecule is COC1OC(C)(C)c2cc(Nc3ncc(-c4nc(N5CCOCC5)no4)c(N[C@H](CO)c4ccccc4)n3)ccc21. The van der Waals surface area contributed by atoms with Gasteiger partial charge in [0.05, 0.1) is 31.5 Å². The molecule has 0 spiro atoms. The first-order chi connectivity index (χ1) is 19.9. The Bertz CT molecular complexity index is 1490. The van der Waals surface area contributed by atoms with Crippen molar-refractivity contribution in [3.8, 4) is 11.5 Å². The molecule has 0 amide bonds. The predicted octanol–water partition coefficient (Wildman–Crippen LogP) is 4.16. The lowest BCUT2D eigenvalue weighted by Crippen LogP contribution is -2.36. The Morgan fingerprint density at radius 2 is 1.93 bits per heavy atom. The van der Waals surface area contributed by atoms with Crippen LogP contribution in [-0.4, -0.2) is 65.2 Å². The molecule has 12 nitrogen and oxygen atoms in total. The van der Waals surface area contributed by atoms with Gasteiger partial charge in [0.2, 0.25) is 5.95 Å². The Hall–Kier alpha value is -4.10. The van der Waals surface area contributed by atoms with E-state index in [9.17, 15) is 5.11 Å². The molecule has 0 saturated carbocycles. The quantitative estimate of drug-likeness (QED) is 0.271. The third-order valence-corrected chi connectivity index (χ3v) is 7.25. The van der Waals surface area contributed by atoms with Crippen LogP contribution in [-0.2, 0) is 19.8 Å². The second kappa shape index (κ2) is 11.4. The second-order valence-electron chi connectivity index (χ2n) is 10.4. The molecule has 2 aromatic heterocycles. The summed E-state index contributed by atoms with van der Waals surface area (Å²) in [7, 11) is 1.63. The number of ether oxygens (including phenoxy) is 3. The lowest BCUT2D eigenvalue weighted by Gasteiger charge is -2.24. The van der Waals surface area contributed by atoms with Gasteiger partial charge in [0, 0.05) is 37.6 Å². The van der Waals surface area contributed by atoms with Crippen molar-refractivity contribution in [2.45, 2.75) is 31.8 Å². The highest BCUT2D eigenvalue weighted by Crippen LogP contribution is 2.44. The number of aromatic nitrogens is 4. The van der Waals surface area contributed by atoms with Crippen LogP contribution in [0.4, 0.5) is 23.4 Å². The molecule has 2 aliphatic rings. The van der Waals surface area contributed by atoms with Crippen LogP contribution in [0, 0.1) is 0 Å². The Morgan fingerprint density at radius 1 is 1.12 bits per heavy atom. The number of fused-ring (bicyclic) bond motifs is 1. The molecule has 4 aromatic rings. The maximum atomic E-state index is 10.2. The van der Waals surface area contributed by atoms with Gasteiger partial charge in [-0.3, -0.25) is 0 Å². The maximum absolute atomic E-state index is 10.2. The molecule has 6 rings (SSSR count). The van der Waals surface area contributed by atoms with Crippen molar-refractivity contribution < 1.29 is 23.8 Å². The summed E-state index contributed by atoms with van der Waals surface area (Å²) in [4.78, 5) is 16.0. The second-order valence-corrected chi connectivity index (χ2v) is 10.4. The molecule has 2 aromatic carbocycles. The molecular formula is C29H33N7O5. The Morgan fingerprint density at radius 3 is 2.68 bits per heavy atom. The number of hydrogen-bond acceptors (Lipinski definition) is 12. The number of hydrogen-bond donors (Lipinski definition) is 3. The highest BCUT2D eigenvalue weighted by atomic mass is 16.7. The minimum atomic E-state index is -0.509. The molecule has 12 heteroatoms. The first-order valence-corrected chi connectivity index (χ1v) is 13.5. The zero-order valence-corrected chi connectivity index (χ0v) is 23.2. The van der Waals surface area contributed by atoms with E-state index in [4.69, 9.17) is 23.7 Å². The number of nitrogens with zero attached hydrogens (tertiary/aromatic N) is 5. The maximum Gasteiger partial charge on any atom is 0.266 e. The highest BCUT2D eigenvalue weighted by molar-refractivity contribution is 5.71. The summed E-state index contributed by atoms with van der Waals surface area (Å²) in [6.07, 6.45) is 1.22. The molecule has 214 valence electrons. The number of benzene rings is 2. The molecule has 2 aliphatic heterocycles. The molecule has 0 radical (unpaired) electrons. The van der Waals surface area contributed by atoms with E-state index in [1.165, 1.54) is 0 Å². The van der Waals surface area contributed by atoms with Gasteiger partial charge in [-0.15, -0.1) is 0 Å². The third-order valence-electron chi connectivity index (χ3n) is 7.25. The molecule has 1 fully saturated rings. The minimum absolute atomic E-state index is 0.153. The predicted molar refractivity (Wildman–Crippen MR) is 152 cm³/mol. The smallest absolute Gasteiger partial charge is 0.266 e. The summed E-state index contributed by atoms with van der Waals surface area (Å²) in [6.45, 7) is 6.43. The number of methoxy groups -OCH3 is 1. The molecule has 3 N–H and O–H groups in total. The number of aliphatic hydroxyl groups is 1. The van der Waals surface area contributed by atoms with Gasteiger partial charge >= 0.3 is 0 Å². The van der Waals surface area contributed by atoms with Crippen LogP contribution < -0.4 is 15.5 Å². The molecule has 1 saturated heterocycles. The Labute approximate surface area is 237 Å². The van der Waals surface area contributed by atoms with E-state index in [1.54, 1.807) is 13.3 Å². The topological polar surface area (TPSA) is 140 Å². The fourth-order valence-corrected chi connectivity index (χ4v) is 5.07. The van der Waals surface area contributed by atoms with Gasteiger partial charge in [0.25, 0.3) is 11.8 Å². The first-order valence-electron chi connectivity index (χ1n) is 13.5. The highest BCUT2D eigenvalue weighted by Gasteiger charge is 2.38. The van der Waals surface area contributed by atoms with Crippen LogP contribution in [0.3, 0.4) is 0 Å². The van der Waals surface area contributed by atoms with Gasteiger partial charge in [-0.2, -0.15) is 9.97 Å². The van der Waals surface area contributed by atoms with E-state index in [2.05, 4.69) is 25.8 Å².